The second-order valence-corrected chi connectivity index (χ2v) is 6.08. The fourth-order valence-corrected chi connectivity index (χ4v) is 2.24. The minimum absolute atomic E-state index is 0.0667. The van der Waals surface area contributed by atoms with E-state index in [9.17, 15) is 4.79 Å². The van der Waals surface area contributed by atoms with Gasteiger partial charge in [-0.15, -0.1) is 0 Å². The molecule has 0 aliphatic heterocycles. The Morgan fingerprint density at radius 3 is 2.28 bits per heavy atom. The zero-order valence-electron chi connectivity index (χ0n) is 11.9. The van der Waals surface area contributed by atoms with Crippen LogP contribution >= 0.6 is 0 Å². The minimum Gasteiger partial charge on any atom is -0.463 e. The van der Waals surface area contributed by atoms with Crippen molar-refractivity contribution < 1.29 is 14.3 Å². The molecule has 0 spiro atoms. The number of carbonyl (C=O) groups is 1. The van der Waals surface area contributed by atoms with Gasteiger partial charge in [-0.3, -0.25) is 4.79 Å². The van der Waals surface area contributed by atoms with Crippen molar-refractivity contribution in [2.75, 3.05) is 19.8 Å². The highest BCUT2D eigenvalue weighted by Gasteiger charge is 2.26. The van der Waals surface area contributed by atoms with E-state index in [-0.39, 0.29) is 17.5 Å². The Hall–Kier alpha value is -0.610. The van der Waals surface area contributed by atoms with Gasteiger partial charge in [-0.2, -0.15) is 0 Å². The molecule has 0 amide bonds. The molecule has 0 unspecified atom stereocenters. The summed E-state index contributed by atoms with van der Waals surface area (Å²) in [7, 11) is 0. The summed E-state index contributed by atoms with van der Waals surface area (Å²) < 4.78 is 10.8. The lowest BCUT2D eigenvalue weighted by Crippen LogP contribution is -2.28. The highest BCUT2D eigenvalue weighted by atomic mass is 16.6. The molecule has 0 heterocycles. The summed E-state index contributed by atoms with van der Waals surface area (Å²) in [6, 6.07) is 0. The topological polar surface area (TPSA) is 61.5 Å². The molecule has 0 aromatic heterocycles. The van der Waals surface area contributed by atoms with Crippen molar-refractivity contribution in [2.45, 2.75) is 52.1 Å². The highest BCUT2D eigenvalue weighted by Crippen LogP contribution is 2.28. The van der Waals surface area contributed by atoms with Gasteiger partial charge in [-0.1, -0.05) is 0 Å². The van der Waals surface area contributed by atoms with E-state index in [2.05, 4.69) is 0 Å². The van der Waals surface area contributed by atoms with Gasteiger partial charge in [-0.25, -0.2) is 0 Å². The first-order valence-corrected chi connectivity index (χ1v) is 6.93. The standard InChI is InChI=1S/C14H27NO3/c1-14(2,3)18-9-8-17-13(16)12-6-4-11(10-15)5-7-12/h11-12H,4-10,15H2,1-3H3. The van der Waals surface area contributed by atoms with Gasteiger partial charge in [0.05, 0.1) is 18.1 Å². The lowest BCUT2D eigenvalue weighted by atomic mass is 9.82. The molecule has 1 fully saturated rings. The number of nitrogens with two attached hydrogens (primary N) is 1. The van der Waals surface area contributed by atoms with Crippen molar-refractivity contribution >= 4 is 5.97 Å². The average Bonchev–Trinajstić information content (AvgIpc) is 2.33. The Labute approximate surface area is 110 Å². The van der Waals surface area contributed by atoms with Crippen LogP contribution in [-0.4, -0.2) is 31.3 Å². The van der Waals surface area contributed by atoms with Crippen LogP contribution in [0.5, 0.6) is 0 Å². The summed E-state index contributed by atoms with van der Waals surface area (Å²) >= 11 is 0. The van der Waals surface area contributed by atoms with Gasteiger partial charge in [0.1, 0.15) is 6.61 Å². The maximum atomic E-state index is 11.8. The normalized spacial score (nSPS) is 24.9. The predicted molar refractivity (Wildman–Crippen MR) is 71.2 cm³/mol. The molecule has 106 valence electrons. The molecule has 0 aromatic carbocycles. The van der Waals surface area contributed by atoms with Crippen molar-refractivity contribution in [1.29, 1.82) is 0 Å². The summed E-state index contributed by atoms with van der Waals surface area (Å²) in [4.78, 5) is 11.8. The van der Waals surface area contributed by atoms with E-state index >= 15 is 0 Å². The van der Waals surface area contributed by atoms with Gasteiger partial charge in [0.25, 0.3) is 0 Å². The average molecular weight is 257 g/mol. The highest BCUT2D eigenvalue weighted by molar-refractivity contribution is 5.72. The zero-order valence-corrected chi connectivity index (χ0v) is 11.9. The molecule has 0 radical (unpaired) electrons. The van der Waals surface area contributed by atoms with Crippen LogP contribution in [-0.2, 0) is 14.3 Å². The van der Waals surface area contributed by atoms with Crippen molar-refractivity contribution in [3.63, 3.8) is 0 Å². The molecule has 1 aliphatic carbocycles. The van der Waals surface area contributed by atoms with Crippen molar-refractivity contribution in [1.82, 2.24) is 0 Å². The van der Waals surface area contributed by atoms with Crippen LogP contribution in [0.15, 0.2) is 0 Å². The van der Waals surface area contributed by atoms with Gasteiger partial charge >= 0.3 is 5.97 Å². The van der Waals surface area contributed by atoms with Crippen LogP contribution in [0, 0.1) is 11.8 Å². The van der Waals surface area contributed by atoms with Crippen LogP contribution < -0.4 is 5.73 Å². The molecule has 18 heavy (non-hydrogen) atoms. The second kappa shape index (κ2) is 7.10. The lowest BCUT2D eigenvalue weighted by Gasteiger charge is -2.26. The molecule has 0 saturated heterocycles. The Kier molecular flexibility index (Phi) is 6.09. The maximum absolute atomic E-state index is 11.8. The van der Waals surface area contributed by atoms with E-state index in [0.717, 1.165) is 32.2 Å². The fraction of sp³-hybridized carbons (Fsp3) is 0.929. The smallest absolute Gasteiger partial charge is 0.309 e. The fourth-order valence-electron chi connectivity index (χ4n) is 2.24. The monoisotopic (exact) mass is 257 g/mol. The van der Waals surface area contributed by atoms with E-state index < -0.39 is 0 Å². The molecule has 1 saturated carbocycles. The van der Waals surface area contributed by atoms with Gasteiger partial charge in [0.2, 0.25) is 0 Å². The lowest BCUT2D eigenvalue weighted by molar-refractivity contribution is -0.153. The molecule has 1 rings (SSSR count). The SMILES string of the molecule is CC(C)(C)OCCOC(=O)C1CCC(CN)CC1. The van der Waals surface area contributed by atoms with Gasteiger partial charge in [0, 0.05) is 0 Å². The zero-order chi connectivity index (χ0) is 13.6. The van der Waals surface area contributed by atoms with Crippen LogP contribution in [0.3, 0.4) is 0 Å². The van der Waals surface area contributed by atoms with E-state index in [0.29, 0.717) is 19.1 Å². The number of hydrogen-bond acceptors (Lipinski definition) is 4. The summed E-state index contributed by atoms with van der Waals surface area (Å²) in [5.74, 6) is 0.601. The van der Waals surface area contributed by atoms with Gasteiger partial charge in [0.15, 0.2) is 0 Å². The molecule has 4 heteroatoms. The largest absolute Gasteiger partial charge is 0.463 e. The van der Waals surface area contributed by atoms with Crippen LogP contribution in [0.1, 0.15) is 46.5 Å². The first-order chi connectivity index (χ1) is 8.42. The van der Waals surface area contributed by atoms with E-state index in [1.54, 1.807) is 0 Å². The van der Waals surface area contributed by atoms with Gasteiger partial charge < -0.3 is 15.2 Å². The summed E-state index contributed by atoms with van der Waals surface area (Å²) in [5.41, 5.74) is 5.46. The number of esters is 1. The molecule has 2 N–H and O–H groups in total. The number of carbonyl (C=O) groups excluding carboxylic acids is 1. The molecule has 1 aliphatic rings. The Morgan fingerprint density at radius 1 is 1.17 bits per heavy atom. The predicted octanol–water partition coefficient (Wildman–Crippen LogP) is 2.11. The van der Waals surface area contributed by atoms with E-state index in [1.165, 1.54) is 0 Å². The molecular formula is C14H27NO3. The quantitative estimate of drug-likeness (QED) is 0.605. The Balaban J connectivity index is 2.14. The van der Waals surface area contributed by atoms with Crippen LogP contribution in [0.25, 0.3) is 0 Å². The van der Waals surface area contributed by atoms with Crippen molar-refractivity contribution in [3.05, 3.63) is 0 Å². The Bertz CT molecular complexity index is 252. The van der Waals surface area contributed by atoms with Crippen molar-refractivity contribution in [2.24, 2.45) is 17.6 Å². The third kappa shape index (κ3) is 5.83. The third-order valence-electron chi connectivity index (χ3n) is 3.38. The summed E-state index contributed by atoms with van der Waals surface area (Å²) in [6.45, 7) is 7.52. The maximum Gasteiger partial charge on any atom is 0.309 e. The molecule has 4 nitrogen and oxygen atoms in total. The second-order valence-electron chi connectivity index (χ2n) is 6.08. The van der Waals surface area contributed by atoms with E-state index in [1.807, 2.05) is 20.8 Å². The van der Waals surface area contributed by atoms with Crippen LogP contribution in [0.2, 0.25) is 0 Å². The summed E-state index contributed by atoms with van der Waals surface area (Å²) in [5, 5.41) is 0. The summed E-state index contributed by atoms with van der Waals surface area (Å²) in [6.07, 6.45) is 3.94. The molecular weight excluding hydrogens is 230 g/mol. The minimum atomic E-state index is -0.175. The first kappa shape index (κ1) is 15.4. The van der Waals surface area contributed by atoms with Crippen LogP contribution in [0.4, 0.5) is 0 Å². The van der Waals surface area contributed by atoms with Crippen molar-refractivity contribution in [3.8, 4) is 0 Å². The molecule has 0 aromatic rings. The van der Waals surface area contributed by atoms with Gasteiger partial charge in [-0.05, 0) is 58.9 Å². The first-order valence-electron chi connectivity index (χ1n) is 6.93. The number of rotatable bonds is 5. The third-order valence-corrected chi connectivity index (χ3v) is 3.38. The van der Waals surface area contributed by atoms with E-state index in [4.69, 9.17) is 15.2 Å². The number of hydrogen-bond donors (Lipinski definition) is 1. The molecule has 0 atom stereocenters. The molecule has 0 bridgehead atoms. The number of ether oxygens (including phenoxy) is 2. The Morgan fingerprint density at radius 2 is 1.78 bits per heavy atom.